The Morgan fingerprint density at radius 2 is 1.36 bits per heavy atom. The number of anilines is 2. The fourth-order valence-electron chi connectivity index (χ4n) is 4.89. The molecule has 0 aromatic heterocycles. The molecule has 1 saturated heterocycles. The maximum absolute atomic E-state index is 13.2. The minimum atomic E-state index is -3.49. The van der Waals surface area contributed by atoms with Gasteiger partial charge in [-0.1, -0.05) is 42.5 Å². The highest BCUT2D eigenvalue weighted by Gasteiger charge is 2.24. The van der Waals surface area contributed by atoms with Crippen LogP contribution in [-0.2, 0) is 16.6 Å². The van der Waals surface area contributed by atoms with Gasteiger partial charge in [-0.15, -0.1) is 0 Å². The molecule has 6 nitrogen and oxygen atoms in total. The summed E-state index contributed by atoms with van der Waals surface area (Å²) in [7, 11) is -3.49. The normalized spacial score (nSPS) is 14.1. The predicted molar refractivity (Wildman–Crippen MR) is 147 cm³/mol. The minimum absolute atomic E-state index is 0.0110. The molecular weight excluding hydrogens is 470 g/mol. The van der Waals surface area contributed by atoms with Crippen molar-refractivity contribution in [1.82, 2.24) is 4.90 Å². The van der Waals surface area contributed by atoms with Crippen molar-refractivity contribution < 1.29 is 13.2 Å². The first-order chi connectivity index (χ1) is 17.1. The van der Waals surface area contributed by atoms with Crippen LogP contribution in [0.1, 0.15) is 38.2 Å². The third-order valence-electron chi connectivity index (χ3n) is 7.10. The van der Waals surface area contributed by atoms with Gasteiger partial charge in [0.1, 0.15) is 0 Å². The van der Waals surface area contributed by atoms with Gasteiger partial charge in [0.25, 0.3) is 5.91 Å². The summed E-state index contributed by atoms with van der Waals surface area (Å²) in [6.45, 7) is 11.3. The molecule has 0 N–H and O–H groups in total. The molecule has 0 spiro atoms. The number of benzene rings is 3. The molecule has 1 aliphatic rings. The Bertz CT molecular complexity index is 1340. The lowest BCUT2D eigenvalue weighted by molar-refractivity contribution is 0.0746. The van der Waals surface area contributed by atoms with Crippen molar-refractivity contribution in [2.75, 3.05) is 41.6 Å². The van der Waals surface area contributed by atoms with E-state index < -0.39 is 10.0 Å². The smallest absolute Gasteiger partial charge is 0.253 e. The highest BCUT2D eigenvalue weighted by Crippen LogP contribution is 2.29. The first kappa shape index (κ1) is 25.8. The number of amides is 1. The molecule has 0 bridgehead atoms. The summed E-state index contributed by atoms with van der Waals surface area (Å²) in [5.41, 5.74) is 7.79. The molecule has 0 radical (unpaired) electrons. The summed E-state index contributed by atoms with van der Waals surface area (Å²) in [5, 5.41) is 0. The van der Waals surface area contributed by atoms with Crippen molar-refractivity contribution in [3.8, 4) is 0 Å². The van der Waals surface area contributed by atoms with Crippen LogP contribution in [0.25, 0.3) is 0 Å². The number of carbonyl (C=O) groups is 1. The molecule has 1 fully saturated rings. The zero-order valence-electron chi connectivity index (χ0n) is 21.8. The molecule has 7 heteroatoms. The predicted octanol–water partition coefficient (Wildman–Crippen LogP) is 4.85. The maximum atomic E-state index is 13.2. The van der Waals surface area contributed by atoms with E-state index in [4.69, 9.17) is 0 Å². The van der Waals surface area contributed by atoms with Crippen LogP contribution in [0.3, 0.4) is 0 Å². The van der Waals surface area contributed by atoms with Gasteiger partial charge in [0.2, 0.25) is 10.0 Å². The molecule has 36 heavy (non-hydrogen) atoms. The molecule has 1 amide bonds. The Morgan fingerprint density at radius 3 is 1.94 bits per heavy atom. The topological polar surface area (TPSA) is 60.9 Å². The number of sulfonamides is 1. The van der Waals surface area contributed by atoms with Crippen molar-refractivity contribution in [2.45, 2.75) is 34.2 Å². The molecule has 1 aliphatic heterocycles. The summed E-state index contributed by atoms with van der Waals surface area (Å²) in [4.78, 5) is 17.4. The molecule has 0 unspecified atom stereocenters. The number of nitrogens with zero attached hydrogens (tertiary/aromatic N) is 3. The Labute approximate surface area is 215 Å². The van der Waals surface area contributed by atoms with Crippen molar-refractivity contribution in [1.29, 1.82) is 0 Å². The second-order valence-electron chi connectivity index (χ2n) is 9.71. The van der Waals surface area contributed by atoms with Gasteiger partial charge in [0.05, 0.1) is 18.5 Å². The largest absolute Gasteiger partial charge is 0.368 e. The van der Waals surface area contributed by atoms with Crippen molar-refractivity contribution in [3.63, 3.8) is 0 Å². The fraction of sp³-hybridized carbons (Fsp3) is 0.345. The van der Waals surface area contributed by atoms with E-state index in [2.05, 4.69) is 36.9 Å². The van der Waals surface area contributed by atoms with E-state index in [1.807, 2.05) is 49.1 Å². The highest BCUT2D eigenvalue weighted by atomic mass is 32.2. The van der Waals surface area contributed by atoms with Crippen LogP contribution in [0.2, 0.25) is 0 Å². The van der Waals surface area contributed by atoms with Crippen molar-refractivity contribution >= 4 is 27.3 Å². The number of hydrogen-bond donors (Lipinski definition) is 0. The summed E-state index contributed by atoms with van der Waals surface area (Å²) < 4.78 is 26.7. The number of carbonyl (C=O) groups excluding carboxylic acids is 1. The van der Waals surface area contributed by atoms with E-state index in [1.54, 1.807) is 12.1 Å². The summed E-state index contributed by atoms with van der Waals surface area (Å²) in [6, 6.07) is 19.4. The summed E-state index contributed by atoms with van der Waals surface area (Å²) in [5.74, 6) is 0.0110. The van der Waals surface area contributed by atoms with Gasteiger partial charge in [-0.2, -0.15) is 0 Å². The maximum Gasteiger partial charge on any atom is 0.253 e. The average Bonchev–Trinajstić information content (AvgIpc) is 2.84. The van der Waals surface area contributed by atoms with E-state index >= 15 is 0 Å². The SMILES string of the molecule is Cc1cccc(N2CCN(C(=O)c3ccc(CN(c4c(C)cccc4C)S(C)(=O)=O)cc3)CC2)c1C. The van der Waals surface area contributed by atoms with Crippen molar-refractivity contribution in [3.05, 3.63) is 94.0 Å². The van der Waals surface area contributed by atoms with Crippen LogP contribution in [0.15, 0.2) is 60.7 Å². The molecule has 4 rings (SSSR count). The first-order valence-electron chi connectivity index (χ1n) is 12.3. The Hall–Kier alpha value is -3.32. The van der Waals surface area contributed by atoms with Crippen LogP contribution in [0, 0.1) is 27.7 Å². The Kier molecular flexibility index (Phi) is 7.41. The monoisotopic (exact) mass is 505 g/mol. The second-order valence-corrected chi connectivity index (χ2v) is 11.6. The van der Waals surface area contributed by atoms with E-state index in [9.17, 15) is 13.2 Å². The van der Waals surface area contributed by atoms with Gasteiger partial charge in [0.15, 0.2) is 0 Å². The summed E-state index contributed by atoms with van der Waals surface area (Å²) in [6.07, 6.45) is 1.23. The average molecular weight is 506 g/mol. The molecule has 0 saturated carbocycles. The third-order valence-corrected chi connectivity index (χ3v) is 8.21. The summed E-state index contributed by atoms with van der Waals surface area (Å²) >= 11 is 0. The second kappa shape index (κ2) is 10.3. The standard InChI is InChI=1S/C29H35N3O3S/c1-21-8-7-11-27(24(21)4)30-16-18-31(19-17-30)29(33)26-14-12-25(13-15-26)20-32(36(5,34)35)28-22(2)9-6-10-23(28)3/h6-15H,16-20H2,1-5H3. The lowest BCUT2D eigenvalue weighted by atomic mass is 10.1. The Balaban J connectivity index is 1.45. The van der Waals surface area contributed by atoms with Gasteiger partial charge < -0.3 is 9.80 Å². The van der Waals surface area contributed by atoms with Gasteiger partial charge in [0, 0.05) is 37.4 Å². The number of aryl methyl sites for hydroxylation is 3. The van der Waals surface area contributed by atoms with Gasteiger partial charge in [-0.3, -0.25) is 9.10 Å². The lowest BCUT2D eigenvalue weighted by Gasteiger charge is -2.37. The zero-order valence-corrected chi connectivity index (χ0v) is 22.6. The Morgan fingerprint density at radius 1 is 0.806 bits per heavy atom. The van der Waals surface area contributed by atoms with E-state index in [0.717, 1.165) is 29.8 Å². The third kappa shape index (κ3) is 5.41. The minimum Gasteiger partial charge on any atom is -0.368 e. The number of para-hydroxylation sites is 1. The molecule has 3 aromatic rings. The fourth-order valence-corrected chi connectivity index (χ4v) is 5.89. The molecule has 190 valence electrons. The van der Waals surface area contributed by atoms with Gasteiger partial charge in [-0.25, -0.2) is 8.42 Å². The van der Waals surface area contributed by atoms with E-state index in [1.165, 1.54) is 27.4 Å². The molecule has 1 heterocycles. The molecule has 0 aliphatic carbocycles. The molecule has 3 aromatic carbocycles. The highest BCUT2D eigenvalue weighted by molar-refractivity contribution is 7.92. The number of hydrogen-bond acceptors (Lipinski definition) is 4. The van der Waals surface area contributed by atoms with Crippen LogP contribution >= 0.6 is 0 Å². The van der Waals surface area contributed by atoms with Gasteiger partial charge >= 0.3 is 0 Å². The quantitative estimate of drug-likeness (QED) is 0.481. The number of piperazine rings is 1. The van der Waals surface area contributed by atoms with Crippen LogP contribution < -0.4 is 9.21 Å². The van der Waals surface area contributed by atoms with Gasteiger partial charge in [-0.05, 0) is 73.7 Å². The van der Waals surface area contributed by atoms with Crippen molar-refractivity contribution in [2.24, 2.45) is 0 Å². The van der Waals surface area contributed by atoms with Crippen LogP contribution in [-0.4, -0.2) is 51.7 Å². The number of rotatable bonds is 6. The zero-order chi connectivity index (χ0) is 26.0. The molecule has 0 atom stereocenters. The molecular formula is C29H35N3O3S. The van der Waals surface area contributed by atoms with E-state index in [-0.39, 0.29) is 12.5 Å². The van der Waals surface area contributed by atoms with Crippen LogP contribution in [0.4, 0.5) is 11.4 Å². The van der Waals surface area contributed by atoms with Crippen LogP contribution in [0.5, 0.6) is 0 Å². The first-order valence-corrected chi connectivity index (χ1v) is 14.1. The van der Waals surface area contributed by atoms with E-state index in [0.29, 0.717) is 24.3 Å². The lowest BCUT2D eigenvalue weighted by Crippen LogP contribution is -2.49.